The van der Waals surface area contributed by atoms with Gasteiger partial charge in [0.05, 0.1) is 18.2 Å². The first-order valence-corrected chi connectivity index (χ1v) is 10.3. The minimum absolute atomic E-state index is 0.135. The Morgan fingerprint density at radius 2 is 2.14 bits per heavy atom. The highest BCUT2D eigenvalue weighted by Crippen LogP contribution is 2.33. The van der Waals surface area contributed by atoms with Gasteiger partial charge in [-0.1, -0.05) is 17.3 Å². The summed E-state index contributed by atoms with van der Waals surface area (Å²) in [4.78, 5) is 17.1. The second-order valence-corrected chi connectivity index (χ2v) is 8.45. The van der Waals surface area contributed by atoms with E-state index in [0.717, 1.165) is 59.1 Å². The number of hydrogen-bond donors (Lipinski definition) is 0. The Balaban J connectivity index is 1.48. The largest absolute Gasteiger partial charge is 0.497 e. The van der Waals surface area contributed by atoms with Crippen LogP contribution in [0, 0.1) is 12.8 Å². The SMILES string of the molecule is COc1ccc(-c2cc(C(=O)N3CCCC(Cn4ccnn4)C3)sc2C)cc1. The number of piperidine rings is 1. The van der Waals surface area contributed by atoms with E-state index in [9.17, 15) is 4.79 Å². The van der Waals surface area contributed by atoms with E-state index in [0.29, 0.717) is 5.92 Å². The lowest BCUT2D eigenvalue weighted by molar-refractivity contribution is 0.0664. The predicted molar refractivity (Wildman–Crippen MR) is 110 cm³/mol. The minimum atomic E-state index is 0.135. The highest BCUT2D eigenvalue weighted by atomic mass is 32.1. The summed E-state index contributed by atoms with van der Waals surface area (Å²) < 4.78 is 7.09. The molecule has 0 spiro atoms. The zero-order valence-electron chi connectivity index (χ0n) is 16.2. The van der Waals surface area contributed by atoms with Gasteiger partial charge in [0.25, 0.3) is 5.91 Å². The monoisotopic (exact) mass is 396 g/mol. The molecule has 0 saturated carbocycles. The van der Waals surface area contributed by atoms with Crippen LogP contribution in [0.1, 0.15) is 27.4 Å². The van der Waals surface area contributed by atoms with Crippen molar-refractivity contribution in [3.63, 3.8) is 0 Å². The number of rotatable bonds is 5. The smallest absolute Gasteiger partial charge is 0.263 e. The molecular formula is C21H24N4O2S. The number of methoxy groups -OCH3 is 1. The van der Waals surface area contributed by atoms with E-state index in [4.69, 9.17) is 4.74 Å². The second kappa shape index (κ2) is 8.14. The molecule has 1 fully saturated rings. The number of thiophene rings is 1. The van der Waals surface area contributed by atoms with Gasteiger partial charge in [-0.3, -0.25) is 9.48 Å². The topological polar surface area (TPSA) is 60.2 Å². The van der Waals surface area contributed by atoms with Crippen molar-refractivity contribution >= 4 is 17.2 Å². The molecular weight excluding hydrogens is 372 g/mol. The molecule has 1 saturated heterocycles. The van der Waals surface area contributed by atoms with Gasteiger partial charge >= 0.3 is 0 Å². The molecule has 0 bridgehead atoms. The van der Waals surface area contributed by atoms with Crippen LogP contribution in [0.25, 0.3) is 11.1 Å². The number of hydrogen-bond acceptors (Lipinski definition) is 5. The van der Waals surface area contributed by atoms with E-state index in [1.54, 1.807) is 24.6 Å². The van der Waals surface area contributed by atoms with Crippen molar-refractivity contribution in [2.24, 2.45) is 5.92 Å². The molecule has 1 unspecified atom stereocenters. The Bertz CT molecular complexity index is 934. The predicted octanol–water partition coefficient (Wildman–Crippen LogP) is 3.88. The van der Waals surface area contributed by atoms with Crippen molar-refractivity contribution in [1.82, 2.24) is 19.9 Å². The van der Waals surface area contributed by atoms with Crippen molar-refractivity contribution in [3.8, 4) is 16.9 Å². The van der Waals surface area contributed by atoms with Gasteiger partial charge in [0.2, 0.25) is 0 Å². The summed E-state index contributed by atoms with van der Waals surface area (Å²) in [5.74, 6) is 1.39. The molecule has 0 radical (unpaired) electrons. The van der Waals surface area contributed by atoms with Gasteiger partial charge in [-0.15, -0.1) is 16.4 Å². The number of nitrogens with zero attached hydrogens (tertiary/aromatic N) is 4. The van der Waals surface area contributed by atoms with Crippen LogP contribution in [0.3, 0.4) is 0 Å². The second-order valence-electron chi connectivity index (χ2n) is 7.19. The van der Waals surface area contributed by atoms with Crippen molar-refractivity contribution < 1.29 is 9.53 Å². The molecule has 1 amide bonds. The van der Waals surface area contributed by atoms with E-state index in [2.05, 4.69) is 17.2 Å². The van der Waals surface area contributed by atoms with Gasteiger partial charge in [0.15, 0.2) is 0 Å². The van der Waals surface area contributed by atoms with Crippen LogP contribution in [0.2, 0.25) is 0 Å². The van der Waals surface area contributed by atoms with E-state index < -0.39 is 0 Å². The lowest BCUT2D eigenvalue weighted by Gasteiger charge is -2.32. The summed E-state index contributed by atoms with van der Waals surface area (Å²) in [6.45, 7) is 4.48. The van der Waals surface area contributed by atoms with Crippen molar-refractivity contribution in [1.29, 1.82) is 0 Å². The maximum absolute atomic E-state index is 13.1. The fraction of sp³-hybridized carbons (Fsp3) is 0.381. The van der Waals surface area contributed by atoms with Crippen molar-refractivity contribution in [2.75, 3.05) is 20.2 Å². The van der Waals surface area contributed by atoms with Crippen LogP contribution < -0.4 is 4.74 Å². The van der Waals surface area contributed by atoms with Gasteiger partial charge in [-0.2, -0.15) is 0 Å². The van der Waals surface area contributed by atoms with Gasteiger partial charge in [-0.25, -0.2) is 0 Å². The van der Waals surface area contributed by atoms with Crippen LogP contribution in [0.5, 0.6) is 5.75 Å². The van der Waals surface area contributed by atoms with Gasteiger partial charge in [0, 0.05) is 30.7 Å². The third-order valence-corrected chi connectivity index (χ3v) is 6.29. The summed E-state index contributed by atoms with van der Waals surface area (Å²) in [7, 11) is 1.66. The van der Waals surface area contributed by atoms with Crippen molar-refractivity contribution in [2.45, 2.75) is 26.3 Å². The standard InChI is InChI=1S/C21H24N4O2S/c1-15-19(17-5-7-18(27-2)8-6-17)12-20(28-15)21(26)24-10-3-4-16(13-24)14-25-11-9-22-23-25/h5-9,11-12,16H,3-4,10,13-14H2,1-2H3. The first-order chi connectivity index (χ1) is 13.6. The normalized spacial score (nSPS) is 16.9. The first kappa shape index (κ1) is 18.7. The quantitative estimate of drug-likeness (QED) is 0.657. The van der Waals surface area contributed by atoms with Crippen LogP contribution >= 0.6 is 11.3 Å². The molecule has 0 aliphatic carbocycles. The fourth-order valence-corrected chi connectivity index (χ4v) is 4.80. The number of aryl methyl sites for hydroxylation is 1. The van der Waals surface area contributed by atoms with Crippen LogP contribution in [-0.4, -0.2) is 46.0 Å². The lowest BCUT2D eigenvalue weighted by Crippen LogP contribution is -2.40. The van der Waals surface area contributed by atoms with E-state index in [1.807, 2.05) is 46.1 Å². The molecule has 3 aromatic rings. The molecule has 6 nitrogen and oxygen atoms in total. The van der Waals surface area contributed by atoms with Gasteiger partial charge in [0.1, 0.15) is 5.75 Å². The third kappa shape index (κ3) is 3.94. The number of ether oxygens (including phenoxy) is 1. The molecule has 1 aliphatic heterocycles. The summed E-state index contributed by atoms with van der Waals surface area (Å²) in [6, 6.07) is 10.0. The Hall–Kier alpha value is -2.67. The Morgan fingerprint density at radius 3 is 2.86 bits per heavy atom. The van der Waals surface area contributed by atoms with Gasteiger partial charge < -0.3 is 9.64 Å². The maximum atomic E-state index is 13.1. The number of aromatic nitrogens is 3. The molecule has 1 atom stereocenters. The van der Waals surface area contributed by atoms with Crippen LogP contribution in [-0.2, 0) is 6.54 Å². The molecule has 3 heterocycles. The average molecular weight is 397 g/mol. The van der Waals surface area contributed by atoms with Crippen LogP contribution in [0.4, 0.5) is 0 Å². The van der Waals surface area contributed by atoms with E-state index in [-0.39, 0.29) is 5.91 Å². The highest BCUT2D eigenvalue weighted by molar-refractivity contribution is 7.14. The summed E-state index contributed by atoms with van der Waals surface area (Å²) in [6.07, 6.45) is 5.72. The molecule has 4 rings (SSSR count). The number of carbonyl (C=O) groups is 1. The molecule has 2 aromatic heterocycles. The molecule has 28 heavy (non-hydrogen) atoms. The zero-order valence-corrected chi connectivity index (χ0v) is 17.0. The number of amides is 1. The maximum Gasteiger partial charge on any atom is 0.263 e. The molecule has 1 aromatic carbocycles. The van der Waals surface area contributed by atoms with Crippen molar-refractivity contribution in [3.05, 3.63) is 52.5 Å². The summed E-state index contributed by atoms with van der Waals surface area (Å²) in [5.41, 5.74) is 2.23. The zero-order chi connectivity index (χ0) is 19.5. The fourth-order valence-electron chi connectivity index (χ4n) is 3.79. The first-order valence-electron chi connectivity index (χ1n) is 9.52. The number of likely N-dealkylation sites (tertiary alicyclic amines) is 1. The lowest BCUT2D eigenvalue weighted by atomic mass is 9.98. The van der Waals surface area contributed by atoms with Gasteiger partial charge in [-0.05, 0) is 55.0 Å². The highest BCUT2D eigenvalue weighted by Gasteiger charge is 2.26. The third-order valence-electron chi connectivity index (χ3n) is 5.25. The van der Waals surface area contributed by atoms with E-state index >= 15 is 0 Å². The van der Waals surface area contributed by atoms with Crippen LogP contribution in [0.15, 0.2) is 42.7 Å². The minimum Gasteiger partial charge on any atom is -0.497 e. The molecule has 7 heteroatoms. The summed E-state index contributed by atoms with van der Waals surface area (Å²) >= 11 is 1.58. The number of benzene rings is 1. The number of carbonyl (C=O) groups excluding carboxylic acids is 1. The Morgan fingerprint density at radius 1 is 1.32 bits per heavy atom. The molecule has 146 valence electrons. The molecule has 0 N–H and O–H groups in total. The molecule has 1 aliphatic rings. The Labute approximate surface area is 168 Å². The Kier molecular flexibility index (Phi) is 5.43. The average Bonchev–Trinajstić information content (AvgIpc) is 3.37. The summed E-state index contributed by atoms with van der Waals surface area (Å²) in [5, 5.41) is 7.92. The van der Waals surface area contributed by atoms with E-state index in [1.165, 1.54) is 0 Å².